The summed E-state index contributed by atoms with van der Waals surface area (Å²) in [6.07, 6.45) is 1.07. The number of aromatic nitrogens is 1. The van der Waals surface area contributed by atoms with Crippen molar-refractivity contribution >= 4 is 5.91 Å². The Morgan fingerprint density at radius 3 is 2.46 bits per heavy atom. The summed E-state index contributed by atoms with van der Waals surface area (Å²) in [4.78, 5) is 16.5. The standard InChI is InChI=1S/C23H24N2O3/c1-3-27-22-15-18(13-14-24-22)16-25-23(26)17(2)28-21-11-9-20(10-12-21)19-7-5-4-6-8-19/h4-15,17H,3,16H2,1-2H3,(H,25,26). The molecule has 0 aliphatic heterocycles. The number of hydrogen-bond donors (Lipinski definition) is 1. The maximum absolute atomic E-state index is 12.3. The average Bonchev–Trinajstić information content (AvgIpc) is 2.74. The Morgan fingerprint density at radius 2 is 1.75 bits per heavy atom. The lowest BCUT2D eigenvalue weighted by atomic mass is 10.1. The van der Waals surface area contributed by atoms with Gasteiger partial charge < -0.3 is 14.8 Å². The molecule has 28 heavy (non-hydrogen) atoms. The molecule has 1 N–H and O–H groups in total. The Balaban J connectivity index is 1.53. The normalized spacial score (nSPS) is 11.5. The van der Waals surface area contributed by atoms with Crippen LogP contribution in [-0.2, 0) is 11.3 Å². The number of nitrogens with one attached hydrogen (secondary N) is 1. The molecule has 5 heteroatoms. The third-order valence-corrected chi connectivity index (χ3v) is 4.20. The first kappa shape index (κ1) is 19.4. The molecular weight excluding hydrogens is 352 g/mol. The van der Waals surface area contributed by atoms with Crippen molar-refractivity contribution in [2.24, 2.45) is 0 Å². The molecule has 0 radical (unpaired) electrons. The van der Waals surface area contributed by atoms with Crippen molar-refractivity contribution in [3.05, 3.63) is 78.5 Å². The van der Waals surface area contributed by atoms with Gasteiger partial charge in [-0.25, -0.2) is 4.98 Å². The fourth-order valence-electron chi connectivity index (χ4n) is 2.73. The number of carbonyl (C=O) groups excluding carboxylic acids is 1. The highest BCUT2D eigenvalue weighted by Gasteiger charge is 2.14. The van der Waals surface area contributed by atoms with Crippen LogP contribution in [0.15, 0.2) is 72.9 Å². The molecule has 1 aromatic heterocycles. The fraction of sp³-hybridized carbons (Fsp3) is 0.217. The zero-order valence-corrected chi connectivity index (χ0v) is 16.1. The maximum Gasteiger partial charge on any atom is 0.261 e. The topological polar surface area (TPSA) is 60.5 Å². The number of hydrogen-bond acceptors (Lipinski definition) is 4. The third-order valence-electron chi connectivity index (χ3n) is 4.20. The molecule has 1 atom stereocenters. The Kier molecular flexibility index (Phi) is 6.63. The van der Waals surface area contributed by atoms with E-state index in [2.05, 4.69) is 22.4 Å². The molecule has 144 valence electrons. The zero-order valence-electron chi connectivity index (χ0n) is 16.1. The van der Waals surface area contributed by atoms with Gasteiger partial charge in [-0.2, -0.15) is 0 Å². The largest absolute Gasteiger partial charge is 0.481 e. The highest BCUT2D eigenvalue weighted by atomic mass is 16.5. The number of ether oxygens (including phenoxy) is 2. The van der Waals surface area contributed by atoms with Gasteiger partial charge in [-0.05, 0) is 48.7 Å². The van der Waals surface area contributed by atoms with Crippen molar-refractivity contribution in [3.63, 3.8) is 0 Å². The van der Waals surface area contributed by atoms with Crippen molar-refractivity contribution in [1.29, 1.82) is 0 Å². The SMILES string of the molecule is CCOc1cc(CNC(=O)C(C)Oc2ccc(-c3ccccc3)cc2)ccn1. The predicted octanol–water partition coefficient (Wildman–Crippen LogP) is 4.23. The van der Waals surface area contributed by atoms with Crippen molar-refractivity contribution in [2.45, 2.75) is 26.5 Å². The molecule has 0 bridgehead atoms. The summed E-state index contributed by atoms with van der Waals surface area (Å²) in [7, 11) is 0. The van der Waals surface area contributed by atoms with Crippen LogP contribution >= 0.6 is 0 Å². The van der Waals surface area contributed by atoms with Crippen LogP contribution in [0, 0.1) is 0 Å². The number of pyridine rings is 1. The monoisotopic (exact) mass is 376 g/mol. The van der Waals surface area contributed by atoms with E-state index in [1.807, 2.05) is 61.5 Å². The van der Waals surface area contributed by atoms with Crippen LogP contribution in [0.3, 0.4) is 0 Å². The lowest BCUT2D eigenvalue weighted by Gasteiger charge is -2.15. The molecule has 2 aromatic carbocycles. The van der Waals surface area contributed by atoms with Crippen LogP contribution in [0.5, 0.6) is 11.6 Å². The summed E-state index contributed by atoms with van der Waals surface area (Å²) in [5.41, 5.74) is 3.17. The van der Waals surface area contributed by atoms with Gasteiger partial charge in [-0.3, -0.25) is 4.79 Å². The molecule has 0 saturated carbocycles. The van der Waals surface area contributed by atoms with Crippen molar-refractivity contribution in [3.8, 4) is 22.8 Å². The highest BCUT2D eigenvalue weighted by molar-refractivity contribution is 5.80. The van der Waals surface area contributed by atoms with Crippen LogP contribution in [-0.4, -0.2) is 23.6 Å². The van der Waals surface area contributed by atoms with E-state index < -0.39 is 6.10 Å². The van der Waals surface area contributed by atoms with E-state index in [9.17, 15) is 4.79 Å². The van der Waals surface area contributed by atoms with Gasteiger partial charge in [0, 0.05) is 18.8 Å². The van der Waals surface area contributed by atoms with E-state index in [0.717, 1.165) is 16.7 Å². The van der Waals surface area contributed by atoms with E-state index in [-0.39, 0.29) is 5.91 Å². The Hall–Kier alpha value is -3.34. The van der Waals surface area contributed by atoms with Gasteiger partial charge in [-0.15, -0.1) is 0 Å². The van der Waals surface area contributed by atoms with E-state index in [1.165, 1.54) is 0 Å². The molecule has 1 amide bonds. The molecule has 3 aromatic rings. The molecule has 0 aliphatic carbocycles. The second-order valence-electron chi connectivity index (χ2n) is 6.30. The molecule has 1 heterocycles. The first-order valence-corrected chi connectivity index (χ1v) is 9.33. The van der Waals surface area contributed by atoms with E-state index >= 15 is 0 Å². The van der Waals surface area contributed by atoms with Gasteiger partial charge >= 0.3 is 0 Å². The Labute approximate surface area is 165 Å². The molecular formula is C23H24N2O3. The Morgan fingerprint density at radius 1 is 1.04 bits per heavy atom. The Bertz CT molecular complexity index is 895. The van der Waals surface area contributed by atoms with E-state index in [0.29, 0.717) is 24.8 Å². The summed E-state index contributed by atoms with van der Waals surface area (Å²) >= 11 is 0. The molecule has 5 nitrogen and oxygen atoms in total. The second-order valence-corrected chi connectivity index (χ2v) is 6.30. The summed E-state index contributed by atoms with van der Waals surface area (Å²) in [5, 5.41) is 2.88. The van der Waals surface area contributed by atoms with E-state index in [4.69, 9.17) is 9.47 Å². The predicted molar refractivity (Wildman–Crippen MR) is 109 cm³/mol. The van der Waals surface area contributed by atoms with E-state index in [1.54, 1.807) is 13.1 Å². The average molecular weight is 376 g/mol. The number of benzene rings is 2. The van der Waals surface area contributed by atoms with Gasteiger partial charge in [0.25, 0.3) is 5.91 Å². The molecule has 0 fully saturated rings. The molecule has 0 aliphatic rings. The summed E-state index contributed by atoms with van der Waals surface area (Å²) in [6, 6.07) is 21.5. The van der Waals surface area contributed by atoms with Crippen LogP contribution in [0.4, 0.5) is 0 Å². The first-order chi connectivity index (χ1) is 13.7. The van der Waals surface area contributed by atoms with Gasteiger partial charge in [0.15, 0.2) is 6.10 Å². The second kappa shape index (κ2) is 9.55. The minimum Gasteiger partial charge on any atom is -0.481 e. The molecule has 1 unspecified atom stereocenters. The van der Waals surface area contributed by atoms with Crippen LogP contribution < -0.4 is 14.8 Å². The first-order valence-electron chi connectivity index (χ1n) is 9.33. The lowest BCUT2D eigenvalue weighted by molar-refractivity contribution is -0.127. The molecule has 0 saturated heterocycles. The summed E-state index contributed by atoms with van der Waals surface area (Å²) < 4.78 is 11.1. The van der Waals surface area contributed by atoms with Gasteiger partial charge in [0.05, 0.1) is 6.61 Å². The lowest BCUT2D eigenvalue weighted by Crippen LogP contribution is -2.35. The number of rotatable bonds is 8. The van der Waals surface area contributed by atoms with Gasteiger partial charge in [0.2, 0.25) is 5.88 Å². The van der Waals surface area contributed by atoms with Crippen molar-refractivity contribution in [2.75, 3.05) is 6.61 Å². The fourth-order valence-corrected chi connectivity index (χ4v) is 2.73. The maximum atomic E-state index is 12.3. The molecule has 3 rings (SSSR count). The van der Waals surface area contributed by atoms with Gasteiger partial charge in [0.1, 0.15) is 5.75 Å². The van der Waals surface area contributed by atoms with Crippen LogP contribution in [0.25, 0.3) is 11.1 Å². The third kappa shape index (κ3) is 5.33. The van der Waals surface area contributed by atoms with Crippen molar-refractivity contribution in [1.82, 2.24) is 10.3 Å². The smallest absolute Gasteiger partial charge is 0.261 e. The minimum absolute atomic E-state index is 0.179. The number of carbonyl (C=O) groups is 1. The minimum atomic E-state index is -0.601. The molecule has 0 spiro atoms. The zero-order chi connectivity index (χ0) is 19.8. The van der Waals surface area contributed by atoms with Gasteiger partial charge in [-0.1, -0.05) is 42.5 Å². The quantitative estimate of drug-likeness (QED) is 0.639. The summed E-state index contributed by atoms with van der Waals surface area (Å²) in [5.74, 6) is 1.03. The number of amides is 1. The van der Waals surface area contributed by atoms with Crippen LogP contribution in [0.2, 0.25) is 0 Å². The number of nitrogens with zero attached hydrogens (tertiary/aromatic N) is 1. The van der Waals surface area contributed by atoms with Crippen molar-refractivity contribution < 1.29 is 14.3 Å². The highest BCUT2D eigenvalue weighted by Crippen LogP contribution is 2.22. The summed E-state index contributed by atoms with van der Waals surface area (Å²) in [6.45, 7) is 4.58. The van der Waals surface area contributed by atoms with Crippen LogP contribution in [0.1, 0.15) is 19.4 Å².